The quantitative estimate of drug-likeness (QED) is 0.368. The first-order valence-electron chi connectivity index (χ1n) is 4.03. The van der Waals surface area contributed by atoms with Gasteiger partial charge < -0.3 is 5.11 Å². The van der Waals surface area contributed by atoms with Crippen molar-refractivity contribution < 1.29 is 5.11 Å². The average Bonchev–Trinajstić information content (AvgIpc) is 1.85. The van der Waals surface area contributed by atoms with E-state index in [1.54, 1.807) is 0 Å². The van der Waals surface area contributed by atoms with E-state index in [9.17, 15) is 0 Å². The Hall–Kier alpha value is -0.340. The highest BCUT2D eigenvalue weighted by molar-refractivity contribution is 4.87. The molecule has 0 fully saturated rings. The van der Waals surface area contributed by atoms with Crippen molar-refractivity contribution in [3.05, 3.63) is 12.2 Å². The van der Waals surface area contributed by atoms with Gasteiger partial charge >= 0.3 is 0 Å². The summed E-state index contributed by atoms with van der Waals surface area (Å²) in [5.74, 6) is 0. The van der Waals surface area contributed by atoms with Crippen molar-refractivity contribution in [2.45, 2.75) is 27.2 Å². The molecule has 0 saturated carbocycles. The fourth-order valence-corrected chi connectivity index (χ4v) is 0.668. The Morgan fingerprint density at radius 2 is 1.91 bits per heavy atom. The molecule has 0 aliphatic carbocycles. The van der Waals surface area contributed by atoms with Crippen molar-refractivity contribution in [3.63, 3.8) is 0 Å². The molecule has 0 aliphatic rings. The molecule has 0 rings (SSSR count). The van der Waals surface area contributed by atoms with Crippen molar-refractivity contribution >= 4 is 0 Å². The van der Waals surface area contributed by atoms with Crippen LogP contribution in [0, 0.1) is 5.41 Å². The first-order valence-corrected chi connectivity index (χ1v) is 4.03. The molecule has 0 spiro atoms. The summed E-state index contributed by atoms with van der Waals surface area (Å²) in [5, 5.41) is 11.2. The van der Waals surface area contributed by atoms with E-state index < -0.39 is 0 Å². The van der Waals surface area contributed by atoms with Gasteiger partial charge in [-0.3, -0.25) is 5.32 Å². The smallest absolute Gasteiger partial charge is 0.0933 e. The molecular weight excluding hydrogens is 138 g/mol. The Kier molecular flexibility index (Phi) is 5.16. The number of rotatable bonds is 4. The van der Waals surface area contributed by atoms with Crippen molar-refractivity contribution in [2.24, 2.45) is 5.41 Å². The fourth-order valence-electron chi connectivity index (χ4n) is 0.668. The lowest BCUT2D eigenvalue weighted by molar-refractivity contribution is 0.267. The van der Waals surface area contributed by atoms with Crippen LogP contribution in [-0.2, 0) is 0 Å². The first-order chi connectivity index (χ1) is 5.06. The third-order valence-electron chi connectivity index (χ3n) is 1.27. The maximum Gasteiger partial charge on any atom is 0.0933 e. The molecule has 0 heterocycles. The molecule has 0 aromatic heterocycles. The zero-order chi connectivity index (χ0) is 8.74. The minimum Gasteiger partial charge on any atom is -0.381 e. The van der Waals surface area contributed by atoms with Crippen LogP contribution in [0.2, 0.25) is 0 Å². The molecule has 0 amide bonds. The maximum atomic E-state index is 8.38. The monoisotopic (exact) mass is 157 g/mol. The molecule has 66 valence electrons. The number of allylic oxidation sites excluding steroid dienone is 1. The van der Waals surface area contributed by atoms with Gasteiger partial charge in [0.25, 0.3) is 0 Å². The van der Waals surface area contributed by atoms with Gasteiger partial charge in [0.2, 0.25) is 0 Å². The standard InChI is InChI=1S/C9H19NO/c1-9(2,3)6-4-5-7-10-8-11/h4-5,10-11H,6-8H2,1-3H3/b5-4+. The third kappa shape index (κ3) is 9.66. The summed E-state index contributed by atoms with van der Waals surface area (Å²) in [7, 11) is 0. The first kappa shape index (κ1) is 10.7. The van der Waals surface area contributed by atoms with Gasteiger partial charge in [0, 0.05) is 6.54 Å². The molecule has 0 aliphatic heterocycles. The Morgan fingerprint density at radius 1 is 1.27 bits per heavy atom. The van der Waals surface area contributed by atoms with Crippen LogP contribution < -0.4 is 5.32 Å². The predicted molar refractivity (Wildman–Crippen MR) is 48.3 cm³/mol. The molecule has 11 heavy (non-hydrogen) atoms. The lowest BCUT2D eigenvalue weighted by Crippen LogP contribution is -2.14. The van der Waals surface area contributed by atoms with Crippen LogP contribution in [0.4, 0.5) is 0 Å². The molecule has 2 heteroatoms. The molecular formula is C9H19NO. The van der Waals surface area contributed by atoms with Crippen LogP contribution in [0.15, 0.2) is 12.2 Å². The Morgan fingerprint density at radius 3 is 2.36 bits per heavy atom. The fraction of sp³-hybridized carbons (Fsp3) is 0.778. The van der Waals surface area contributed by atoms with Crippen LogP contribution in [-0.4, -0.2) is 18.4 Å². The summed E-state index contributed by atoms with van der Waals surface area (Å²) in [6.07, 6.45) is 5.27. The molecule has 2 N–H and O–H groups in total. The van der Waals surface area contributed by atoms with E-state index in [2.05, 4.69) is 32.2 Å². The van der Waals surface area contributed by atoms with Gasteiger partial charge in [-0.1, -0.05) is 32.9 Å². The minimum absolute atomic E-state index is 0.0554. The van der Waals surface area contributed by atoms with Crippen LogP contribution >= 0.6 is 0 Å². The highest BCUT2D eigenvalue weighted by Crippen LogP contribution is 2.18. The number of aliphatic hydroxyl groups excluding tert-OH is 1. The third-order valence-corrected chi connectivity index (χ3v) is 1.27. The Labute approximate surface area is 69.3 Å². The van der Waals surface area contributed by atoms with Gasteiger partial charge in [-0.05, 0) is 11.8 Å². The number of aliphatic hydroxyl groups is 1. The molecule has 0 saturated heterocycles. The van der Waals surface area contributed by atoms with E-state index in [0.717, 1.165) is 13.0 Å². The van der Waals surface area contributed by atoms with Crippen molar-refractivity contribution in [3.8, 4) is 0 Å². The highest BCUT2D eigenvalue weighted by Gasteiger charge is 2.05. The SMILES string of the molecule is CC(C)(C)C/C=C/CNCO. The maximum absolute atomic E-state index is 8.38. The lowest BCUT2D eigenvalue weighted by atomic mass is 9.92. The summed E-state index contributed by atoms with van der Waals surface area (Å²) < 4.78 is 0. The number of hydrogen-bond donors (Lipinski definition) is 2. The van der Waals surface area contributed by atoms with E-state index in [1.807, 2.05) is 6.08 Å². The summed E-state index contributed by atoms with van der Waals surface area (Å²) in [6.45, 7) is 7.43. The Balaban J connectivity index is 3.30. The van der Waals surface area contributed by atoms with Gasteiger partial charge in [0.05, 0.1) is 6.73 Å². The number of hydrogen-bond acceptors (Lipinski definition) is 2. The molecule has 0 atom stereocenters. The van der Waals surface area contributed by atoms with Crippen LogP contribution in [0.5, 0.6) is 0 Å². The second-order valence-corrected chi connectivity index (χ2v) is 3.85. The van der Waals surface area contributed by atoms with Crippen LogP contribution in [0.1, 0.15) is 27.2 Å². The van der Waals surface area contributed by atoms with Gasteiger partial charge in [-0.25, -0.2) is 0 Å². The van der Waals surface area contributed by atoms with Gasteiger partial charge in [-0.15, -0.1) is 0 Å². The van der Waals surface area contributed by atoms with E-state index in [0.29, 0.717) is 5.41 Å². The topological polar surface area (TPSA) is 32.3 Å². The minimum atomic E-state index is 0.0554. The molecule has 2 nitrogen and oxygen atoms in total. The lowest BCUT2D eigenvalue weighted by Gasteiger charge is -2.14. The Bertz CT molecular complexity index is 113. The summed E-state index contributed by atoms with van der Waals surface area (Å²) in [6, 6.07) is 0. The van der Waals surface area contributed by atoms with E-state index in [4.69, 9.17) is 5.11 Å². The second-order valence-electron chi connectivity index (χ2n) is 3.85. The molecule has 0 aromatic rings. The summed E-state index contributed by atoms with van der Waals surface area (Å²) in [4.78, 5) is 0. The molecule has 0 radical (unpaired) electrons. The van der Waals surface area contributed by atoms with Crippen molar-refractivity contribution in [2.75, 3.05) is 13.3 Å². The van der Waals surface area contributed by atoms with Crippen LogP contribution in [0.25, 0.3) is 0 Å². The number of nitrogens with one attached hydrogen (secondary N) is 1. The average molecular weight is 157 g/mol. The van der Waals surface area contributed by atoms with E-state index >= 15 is 0 Å². The molecule has 0 unspecified atom stereocenters. The van der Waals surface area contributed by atoms with Crippen molar-refractivity contribution in [1.82, 2.24) is 5.32 Å². The summed E-state index contributed by atoms with van der Waals surface area (Å²) >= 11 is 0. The van der Waals surface area contributed by atoms with Gasteiger partial charge in [0.1, 0.15) is 0 Å². The predicted octanol–water partition coefficient (Wildman–Crippen LogP) is 1.52. The second kappa shape index (κ2) is 5.33. The van der Waals surface area contributed by atoms with Crippen molar-refractivity contribution in [1.29, 1.82) is 0 Å². The zero-order valence-corrected chi connectivity index (χ0v) is 7.72. The molecule has 0 bridgehead atoms. The van der Waals surface area contributed by atoms with Gasteiger partial charge in [0.15, 0.2) is 0 Å². The van der Waals surface area contributed by atoms with Crippen LogP contribution in [0.3, 0.4) is 0 Å². The normalized spacial score (nSPS) is 12.7. The zero-order valence-electron chi connectivity index (χ0n) is 7.72. The van der Waals surface area contributed by atoms with Gasteiger partial charge in [-0.2, -0.15) is 0 Å². The highest BCUT2D eigenvalue weighted by atomic mass is 16.3. The van der Waals surface area contributed by atoms with E-state index in [1.165, 1.54) is 0 Å². The summed E-state index contributed by atoms with van der Waals surface area (Å²) in [5.41, 5.74) is 0.371. The molecule has 0 aromatic carbocycles. The largest absolute Gasteiger partial charge is 0.381 e. The van der Waals surface area contributed by atoms with E-state index in [-0.39, 0.29) is 6.73 Å².